The topological polar surface area (TPSA) is 86.8 Å². The highest BCUT2D eigenvalue weighted by Crippen LogP contribution is 2.25. The number of pyridine rings is 1. The summed E-state index contributed by atoms with van der Waals surface area (Å²) >= 11 is 0. The number of anilines is 1. The molecule has 1 N–H and O–H groups in total. The summed E-state index contributed by atoms with van der Waals surface area (Å²) in [5.74, 6) is -0.0798. The first kappa shape index (κ1) is 16.3. The van der Waals surface area contributed by atoms with Crippen molar-refractivity contribution in [1.29, 1.82) is 0 Å². The number of carbonyl (C=O) groups excluding carboxylic acids is 2. The number of hydrogen-bond donors (Lipinski definition) is 1. The molecule has 7 heteroatoms. The first-order valence-corrected chi connectivity index (χ1v) is 6.73. The van der Waals surface area contributed by atoms with E-state index in [9.17, 15) is 9.59 Å². The maximum Gasteiger partial charge on any atom is 0.357 e. The van der Waals surface area contributed by atoms with Gasteiger partial charge in [0.15, 0.2) is 6.61 Å². The second-order valence-electron chi connectivity index (χ2n) is 4.44. The van der Waals surface area contributed by atoms with Crippen LogP contribution in [-0.4, -0.2) is 37.7 Å². The Balaban J connectivity index is 1.93. The van der Waals surface area contributed by atoms with Crippen LogP contribution in [0.3, 0.4) is 0 Å². The molecule has 1 heterocycles. The first-order chi connectivity index (χ1) is 11.1. The molecule has 0 atom stereocenters. The summed E-state index contributed by atoms with van der Waals surface area (Å²) in [6, 6.07) is 9.78. The molecular weight excluding hydrogens is 300 g/mol. The second-order valence-corrected chi connectivity index (χ2v) is 4.44. The number of nitrogens with zero attached hydrogens (tertiary/aromatic N) is 1. The van der Waals surface area contributed by atoms with E-state index in [1.807, 2.05) is 0 Å². The van der Waals surface area contributed by atoms with E-state index < -0.39 is 18.5 Å². The Bertz CT molecular complexity index is 666. The Morgan fingerprint density at radius 1 is 1.09 bits per heavy atom. The van der Waals surface area contributed by atoms with Gasteiger partial charge in [0, 0.05) is 30.1 Å². The number of esters is 1. The predicted octanol–water partition coefficient (Wildman–Crippen LogP) is 1.89. The van der Waals surface area contributed by atoms with Crippen LogP contribution in [0.15, 0.2) is 42.6 Å². The van der Waals surface area contributed by atoms with Crippen molar-refractivity contribution in [2.75, 3.05) is 26.1 Å². The van der Waals surface area contributed by atoms with Gasteiger partial charge in [-0.1, -0.05) is 6.07 Å². The number of hydrogen-bond acceptors (Lipinski definition) is 6. The van der Waals surface area contributed by atoms with Crippen molar-refractivity contribution in [3.8, 4) is 11.5 Å². The number of ether oxygens (including phenoxy) is 3. The van der Waals surface area contributed by atoms with E-state index in [0.29, 0.717) is 17.2 Å². The van der Waals surface area contributed by atoms with Crippen LogP contribution in [0.5, 0.6) is 11.5 Å². The first-order valence-electron chi connectivity index (χ1n) is 6.73. The van der Waals surface area contributed by atoms with Crippen LogP contribution >= 0.6 is 0 Å². The Morgan fingerprint density at radius 3 is 2.35 bits per heavy atom. The van der Waals surface area contributed by atoms with Crippen LogP contribution in [0, 0.1) is 0 Å². The molecule has 0 aliphatic heterocycles. The summed E-state index contributed by atoms with van der Waals surface area (Å²) in [6.45, 7) is -0.422. The third-order valence-electron chi connectivity index (χ3n) is 2.84. The lowest BCUT2D eigenvalue weighted by Gasteiger charge is -2.10. The Hall–Kier alpha value is -3.09. The van der Waals surface area contributed by atoms with Gasteiger partial charge >= 0.3 is 5.97 Å². The number of nitrogens with one attached hydrogen (secondary N) is 1. The Labute approximate surface area is 133 Å². The van der Waals surface area contributed by atoms with Crippen LogP contribution in [-0.2, 0) is 9.53 Å². The van der Waals surface area contributed by atoms with Gasteiger partial charge in [0.05, 0.1) is 14.2 Å². The van der Waals surface area contributed by atoms with Gasteiger partial charge in [-0.15, -0.1) is 0 Å². The summed E-state index contributed by atoms with van der Waals surface area (Å²) < 4.78 is 15.1. The maximum absolute atomic E-state index is 11.9. The van der Waals surface area contributed by atoms with Gasteiger partial charge < -0.3 is 19.5 Å². The van der Waals surface area contributed by atoms with E-state index in [4.69, 9.17) is 14.2 Å². The zero-order valence-electron chi connectivity index (χ0n) is 12.7. The average molecular weight is 316 g/mol. The van der Waals surface area contributed by atoms with Gasteiger partial charge in [-0.2, -0.15) is 0 Å². The van der Waals surface area contributed by atoms with Crippen molar-refractivity contribution < 1.29 is 23.8 Å². The smallest absolute Gasteiger partial charge is 0.357 e. The minimum absolute atomic E-state index is 0.142. The highest BCUT2D eigenvalue weighted by molar-refractivity contribution is 5.95. The van der Waals surface area contributed by atoms with Crippen molar-refractivity contribution in [1.82, 2.24) is 4.98 Å². The fraction of sp³-hybridized carbons (Fsp3) is 0.188. The van der Waals surface area contributed by atoms with E-state index in [-0.39, 0.29) is 5.69 Å². The summed E-state index contributed by atoms with van der Waals surface area (Å²) in [6.07, 6.45) is 1.47. The molecule has 23 heavy (non-hydrogen) atoms. The summed E-state index contributed by atoms with van der Waals surface area (Å²) in [7, 11) is 3.02. The van der Waals surface area contributed by atoms with Crippen molar-refractivity contribution in [3.05, 3.63) is 48.3 Å². The van der Waals surface area contributed by atoms with Gasteiger partial charge in [-0.25, -0.2) is 9.78 Å². The van der Waals surface area contributed by atoms with Crippen LogP contribution in [0.4, 0.5) is 5.69 Å². The molecule has 1 aromatic carbocycles. The Morgan fingerprint density at radius 2 is 1.78 bits per heavy atom. The van der Waals surface area contributed by atoms with Crippen LogP contribution in [0.25, 0.3) is 0 Å². The normalized spacial score (nSPS) is 9.83. The predicted molar refractivity (Wildman–Crippen MR) is 82.7 cm³/mol. The van der Waals surface area contributed by atoms with E-state index in [1.54, 1.807) is 30.3 Å². The lowest BCUT2D eigenvalue weighted by molar-refractivity contribution is -0.119. The number of aromatic nitrogens is 1. The quantitative estimate of drug-likeness (QED) is 0.819. The highest BCUT2D eigenvalue weighted by Gasteiger charge is 2.12. The molecule has 0 radical (unpaired) electrons. The van der Waals surface area contributed by atoms with E-state index in [2.05, 4.69) is 10.3 Å². The van der Waals surface area contributed by atoms with Crippen LogP contribution in [0.1, 0.15) is 10.5 Å². The van der Waals surface area contributed by atoms with Gasteiger partial charge in [0.25, 0.3) is 5.91 Å². The maximum atomic E-state index is 11.9. The molecule has 0 saturated heterocycles. The van der Waals surface area contributed by atoms with Gasteiger partial charge in [-0.3, -0.25) is 4.79 Å². The molecule has 0 aliphatic carbocycles. The monoisotopic (exact) mass is 316 g/mol. The fourth-order valence-corrected chi connectivity index (χ4v) is 1.77. The number of benzene rings is 1. The van der Waals surface area contributed by atoms with Crippen LogP contribution in [0.2, 0.25) is 0 Å². The summed E-state index contributed by atoms with van der Waals surface area (Å²) in [5, 5.41) is 2.60. The van der Waals surface area contributed by atoms with Crippen molar-refractivity contribution >= 4 is 17.6 Å². The Kier molecular flexibility index (Phi) is 5.51. The lowest BCUT2D eigenvalue weighted by atomic mass is 10.2. The molecule has 0 saturated carbocycles. The molecule has 0 bridgehead atoms. The van der Waals surface area contributed by atoms with Crippen molar-refractivity contribution in [2.45, 2.75) is 0 Å². The number of methoxy groups -OCH3 is 2. The molecular formula is C16H16N2O5. The standard InChI is InChI=1S/C16H16N2O5/c1-21-12-7-11(8-13(9-12)22-2)18-15(19)10-23-16(20)14-5-3-4-6-17-14/h3-9H,10H2,1-2H3,(H,18,19). The molecule has 1 aromatic heterocycles. The molecule has 120 valence electrons. The number of carbonyl (C=O) groups is 2. The molecule has 7 nitrogen and oxygen atoms in total. The van der Waals surface area contributed by atoms with Gasteiger partial charge in [0.2, 0.25) is 0 Å². The number of rotatable bonds is 6. The van der Waals surface area contributed by atoms with Gasteiger partial charge in [0.1, 0.15) is 17.2 Å². The van der Waals surface area contributed by atoms with Crippen molar-refractivity contribution in [2.24, 2.45) is 0 Å². The molecule has 1 amide bonds. The molecule has 0 unspecified atom stereocenters. The van der Waals surface area contributed by atoms with E-state index in [1.165, 1.54) is 26.5 Å². The summed E-state index contributed by atoms with van der Waals surface area (Å²) in [4.78, 5) is 27.4. The largest absolute Gasteiger partial charge is 0.497 e. The minimum atomic E-state index is -0.663. The molecule has 0 fully saturated rings. The third kappa shape index (κ3) is 4.70. The molecule has 0 spiro atoms. The van der Waals surface area contributed by atoms with E-state index >= 15 is 0 Å². The van der Waals surface area contributed by atoms with Crippen LogP contribution < -0.4 is 14.8 Å². The number of amides is 1. The fourth-order valence-electron chi connectivity index (χ4n) is 1.77. The molecule has 2 rings (SSSR count). The molecule has 0 aliphatic rings. The SMILES string of the molecule is COc1cc(NC(=O)COC(=O)c2ccccn2)cc(OC)c1. The zero-order valence-corrected chi connectivity index (χ0v) is 12.7. The molecule has 2 aromatic rings. The van der Waals surface area contributed by atoms with Gasteiger partial charge in [-0.05, 0) is 12.1 Å². The minimum Gasteiger partial charge on any atom is -0.497 e. The summed E-state index contributed by atoms with van der Waals surface area (Å²) in [5.41, 5.74) is 0.614. The highest BCUT2D eigenvalue weighted by atomic mass is 16.5. The van der Waals surface area contributed by atoms with E-state index in [0.717, 1.165) is 0 Å². The average Bonchev–Trinajstić information content (AvgIpc) is 2.60. The zero-order chi connectivity index (χ0) is 16.7. The third-order valence-corrected chi connectivity index (χ3v) is 2.84. The van der Waals surface area contributed by atoms with Crippen molar-refractivity contribution in [3.63, 3.8) is 0 Å². The lowest BCUT2D eigenvalue weighted by Crippen LogP contribution is -2.21. The second kappa shape index (κ2) is 7.79.